The van der Waals surface area contributed by atoms with E-state index in [-0.39, 0.29) is 23.1 Å². The average Bonchev–Trinajstić information content (AvgIpc) is 3.02. The second-order valence-corrected chi connectivity index (χ2v) is 6.92. The van der Waals surface area contributed by atoms with E-state index in [2.05, 4.69) is 15.2 Å². The maximum Gasteiger partial charge on any atom is 0.433 e. The molecule has 0 aliphatic carbocycles. The molecule has 160 valence electrons. The van der Waals surface area contributed by atoms with Gasteiger partial charge in [0.05, 0.1) is 5.56 Å². The zero-order valence-electron chi connectivity index (χ0n) is 16.0. The normalized spacial score (nSPS) is 12.8. The van der Waals surface area contributed by atoms with Gasteiger partial charge >= 0.3 is 12.4 Å². The highest BCUT2D eigenvalue weighted by molar-refractivity contribution is 5.61. The van der Waals surface area contributed by atoms with E-state index >= 15 is 0 Å². The van der Waals surface area contributed by atoms with E-state index in [1.807, 2.05) is 0 Å². The number of pyridine rings is 1. The minimum Gasteiger partial charge on any atom is -0.463 e. The van der Waals surface area contributed by atoms with Crippen LogP contribution < -0.4 is 4.74 Å². The number of rotatable bonds is 4. The number of halogens is 6. The van der Waals surface area contributed by atoms with Crippen molar-refractivity contribution < 1.29 is 31.1 Å². The summed E-state index contributed by atoms with van der Waals surface area (Å²) < 4.78 is 85.6. The fraction of sp³-hybridized carbons (Fsp3) is 0.316. The van der Waals surface area contributed by atoms with Crippen LogP contribution in [0.25, 0.3) is 11.4 Å². The number of benzene rings is 1. The molecule has 30 heavy (non-hydrogen) atoms. The highest BCUT2D eigenvalue weighted by atomic mass is 19.4. The van der Waals surface area contributed by atoms with Crippen molar-refractivity contribution in [1.29, 1.82) is 0 Å². The molecule has 0 amide bonds. The van der Waals surface area contributed by atoms with Gasteiger partial charge in [-0.25, -0.2) is 4.98 Å². The maximum absolute atomic E-state index is 13.3. The first kappa shape index (κ1) is 21.6. The van der Waals surface area contributed by atoms with Crippen molar-refractivity contribution in [1.82, 2.24) is 19.7 Å². The van der Waals surface area contributed by atoms with E-state index in [0.29, 0.717) is 0 Å². The largest absolute Gasteiger partial charge is 0.463 e. The summed E-state index contributed by atoms with van der Waals surface area (Å²) in [6.07, 6.45) is -9.25. The van der Waals surface area contributed by atoms with E-state index < -0.39 is 29.2 Å². The van der Waals surface area contributed by atoms with Gasteiger partial charge in [0.25, 0.3) is 0 Å². The van der Waals surface area contributed by atoms with Crippen LogP contribution in [-0.4, -0.2) is 19.7 Å². The van der Waals surface area contributed by atoms with Crippen molar-refractivity contribution in [2.75, 3.05) is 0 Å². The molecule has 11 heteroatoms. The Morgan fingerprint density at radius 1 is 0.833 bits per heavy atom. The molecule has 1 aromatic carbocycles. The van der Waals surface area contributed by atoms with Crippen LogP contribution in [0.3, 0.4) is 0 Å². The summed E-state index contributed by atoms with van der Waals surface area (Å²) in [5, 5.41) is 7.78. The molecule has 0 N–H and O–H groups in total. The predicted molar refractivity (Wildman–Crippen MR) is 94.3 cm³/mol. The topological polar surface area (TPSA) is 52.8 Å². The third-order valence-corrected chi connectivity index (χ3v) is 4.26. The van der Waals surface area contributed by atoms with Gasteiger partial charge < -0.3 is 9.30 Å². The van der Waals surface area contributed by atoms with Gasteiger partial charge in [-0.1, -0.05) is 24.3 Å². The van der Waals surface area contributed by atoms with E-state index in [0.717, 1.165) is 18.2 Å². The van der Waals surface area contributed by atoms with Gasteiger partial charge in [0, 0.05) is 18.7 Å². The van der Waals surface area contributed by atoms with Gasteiger partial charge in [0.1, 0.15) is 5.69 Å². The third-order valence-electron chi connectivity index (χ3n) is 4.26. The molecule has 0 unspecified atom stereocenters. The molecule has 0 radical (unpaired) electrons. The summed E-state index contributed by atoms with van der Waals surface area (Å²) in [6.45, 7) is 3.00. The second-order valence-electron chi connectivity index (χ2n) is 6.92. The number of alkyl halides is 6. The molecular formula is C19H16F6N4O. The summed E-state index contributed by atoms with van der Waals surface area (Å²) in [6, 6.07) is 8.07. The van der Waals surface area contributed by atoms with Gasteiger partial charge in [-0.3, -0.25) is 0 Å². The average molecular weight is 430 g/mol. The Morgan fingerprint density at radius 3 is 2.13 bits per heavy atom. The fourth-order valence-corrected chi connectivity index (χ4v) is 2.95. The second kappa shape index (κ2) is 7.29. The predicted octanol–water partition coefficient (Wildman–Crippen LogP) is 5.23. The highest BCUT2D eigenvalue weighted by Crippen LogP contribution is 2.37. The lowest BCUT2D eigenvalue weighted by atomic mass is 10.1. The van der Waals surface area contributed by atoms with Crippen molar-refractivity contribution in [2.45, 2.75) is 31.8 Å². The number of aromatic nitrogens is 4. The van der Waals surface area contributed by atoms with E-state index in [1.54, 1.807) is 0 Å². The summed E-state index contributed by atoms with van der Waals surface area (Å²) in [7, 11) is 1.45. The first-order chi connectivity index (χ1) is 13.8. The number of nitrogens with zero attached hydrogens (tertiary/aromatic N) is 4. The Hall–Kier alpha value is -3.11. The minimum absolute atomic E-state index is 0.0633. The third kappa shape index (κ3) is 4.24. The lowest BCUT2D eigenvalue weighted by Gasteiger charge is -2.25. The number of ether oxygens (including phenoxy) is 1. The Labute approximate surface area is 167 Å². The molecule has 0 aliphatic heterocycles. The van der Waals surface area contributed by atoms with E-state index in [4.69, 9.17) is 4.74 Å². The Kier molecular flexibility index (Phi) is 5.25. The smallest absolute Gasteiger partial charge is 0.433 e. The molecule has 0 bridgehead atoms. The Bertz CT molecular complexity index is 1060. The highest BCUT2D eigenvalue weighted by Gasteiger charge is 2.37. The molecule has 3 aromatic rings. The van der Waals surface area contributed by atoms with Crippen molar-refractivity contribution in [2.24, 2.45) is 7.05 Å². The van der Waals surface area contributed by atoms with Gasteiger partial charge in [-0.15, -0.1) is 10.2 Å². The molecule has 2 heterocycles. The molecule has 0 atom stereocenters. The molecular weight excluding hydrogens is 414 g/mol. The molecule has 3 rings (SSSR count). The van der Waals surface area contributed by atoms with Crippen LogP contribution >= 0.6 is 0 Å². The Morgan fingerprint density at radius 2 is 1.50 bits per heavy atom. The zero-order valence-corrected chi connectivity index (χ0v) is 16.0. The molecule has 0 aliphatic rings. The van der Waals surface area contributed by atoms with Gasteiger partial charge in [0.2, 0.25) is 5.88 Å². The first-order valence-electron chi connectivity index (χ1n) is 8.60. The summed E-state index contributed by atoms with van der Waals surface area (Å²) in [5.74, 6) is -0.268. The van der Waals surface area contributed by atoms with Gasteiger partial charge in [-0.2, -0.15) is 26.3 Å². The molecule has 2 aromatic heterocycles. The van der Waals surface area contributed by atoms with Crippen LogP contribution in [0.4, 0.5) is 26.3 Å². The minimum atomic E-state index is -4.65. The van der Waals surface area contributed by atoms with Gasteiger partial charge in [-0.05, 0) is 26.0 Å². The van der Waals surface area contributed by atoms with Crippen LogP contribution in [-0.2, 0) is 25.0 Å². The first-order valence-corrected chi connectivity index (χ1v) is 8.60. The molecule has 5 nitrogen and oxygen atoms in total. The van der Waals surface area contributed by atoms with Crippen molar-refractivity contribution in [3.8, 4) is 17.3 Å². The lowest BCUT2D eigenvalue weighted by molar-refractivity contribution is -0.141. The van der Waals surface area contributed by atoms with Crippen LogP contribution in [0.2, 0.25) is 0 Å². The Balaban J connectivity index is 1.98. The molecule has 0 saturated heterocycles. The van der Waals surface area contributed by atoms with Crippen LogP contribution in [0, 0.1) is 0 Å². The van der Waals surface area contributed by atoms with Gasteiger partial charge in [0.15, 0.2) is 17.2 Å². The molecule has 0 saturated carbocycles. The summed E-state index contributed by atoms with van der Waals surface area (Å²) >= 11 is 0. The summed E-state index contributed by atoms with van der Waals surface area (Å²) in [4.78, 5) is 3.44. The lowest BCUT2D eigenvalue weighted by Crippen LogP contribution is -2.30. The molecule has 0 fully saturated rings. The number of hydrogen-bond acceptors (Lipinski definition) is 4. The van der Waals surface area contributed by atoms with Crippen LogP contribution in [0.1, 0.15) is 30.9 Å². The molecule has 0 spiro atoms. The number of hydrogen-bond donors (Lipinski definition) is 0. The zero-order chi connectivity index (χ0) is 22.3. The van der Waals surface area contributed by atoms with Crippen LogP contribution in [0.5, 0.6) is 5.88 Å². The fourth-order valence-electron chi connectivity index (χ4n) is 2.95. The van der Waals surface area contributed by atoms with E-state index in [1.165, 1.54) is 49.7 Å². The van der Waals surface area contributed by atoms with Crippen molar-refractivity contribution >= 4 is 0 Å². The van der Waals surface area contributed by atoms with Crippen LogP contribution in [0.15, 0.2) is 42.5 Å². The maximum atomic E-state index is 13.3. The van der Waals surface area contributed by atoms with E-state index in [9.17, 15) is 26.3 Å². The summed E-state index contributed by atoms with van der Waals surface area (Å²) in [5.41, 5.74) is -3.54. The SMILES string of the molecule is Cn1c(-c2ccccc2C(F)(F)F)nnc1C(C)(C)Oc1cccc(C(F)(F)F)n1. The van der Waals surface area contributed by atoms with Crippen molar-refractivity contribution in [3.63, 3.8) is 0 Å². The quantitative estimate of drug-likeness (QED) is 0.532. The standard InChI is InChI=1S/C19H16F6N4O/c1-17(2,30-14-10-6-9-13(26-14)19(23,24)25)16-28-27-15(29(16)3)11-7-4-5-8-12(11)18(20,21)22/h4-10H,1-3H3. The van der Waals surface area contributed by atoms with Crippen molar-refractivity contribution in [3.05, 3.63) is 59.5 Å². The monoisotopic (exact) mass is 430 g/mol.